The van der Waals surface area contributed by atoms with Crippen molar-refractivity contribution in [3.63, 3.8) is 0 Å². The van der Waals surface area contributed by atoms with Gasteiger partial charge in [-0.3, -0.25) is 0 Å². The van der Waals surface area contributed by atoms with Crippen molar-refractivity contribution in [1.82, 2.24) is 0 Å². The minimum absolute atomic E-state index is 0.335. The molecular weight excluding hydrogens is 187 g/mol. The van der Waals surface area contributed by atoms with Crippen molar-refractivity contribution < 1.29 is 8.60 Å². The molecule has 0 saturated heterocycles. The Morgan fingerprint density at radius 3 is 2.62 bits per heavy atom. The van der Waals surface area contributed by atoms with Crippen LogP contribution in [0.25, 0.3) is 10.8 Å². The Labute approximate surface area is 78.7 Å². The van der Waals surface area contributed by atoms with Gasteiger partial charge in [0.1, 0.15) is 5.82 Å². The van der Waals surface area contributed by atoms with Crippen LogP contribution in [-0.4, -0.2) is 0 Å². The van der Waals surface area contributed by atoms with Gasteiger partial charge in [-0.25, -0.2) is 4.39 Å². The Kier molecular flexibility index (Phi) is 2.02. The highest BCUT2D eigenvalue weighted by Gasteiger charge is 2.14. The van der Waals surface area contributed by atoms with E-state index >= 15 is 0 Å². The highest BCUT2D eigenvalue weighted by molar-refractivity contribution is 7.65. The maximum Gasteiger partial charge on any atom is 0.506 e. The van der Waals surface area contributed by atoms with Gasteiger partial charge in [0, 0.05) is 9.60 Å². The molecule has 2 rings (SSSR count). The first-order valence-corrected chi connectivity index (χ1v) is 4.46. The summed E-state index contributed by atoms with van der Waals surface area (Å²) in [4.78, 5) is 0.442. The van der Waals surface area contributed by atoms with Crippen LogP contribution in [0, 0.1) is 11.9 Å². The predicted octanol–water partition coefficient (Wildman–Crippen LogP) is 2.57. The molecule has 0 aromatic heterocycles. The van der Waals surface area contributed by atoms with Gasteiger partial charge in [-0.05, 0) is 12.1 Å². The van der Waals surface area contributed by atoms with Crippen molar-refractivity contribution in [3.05, 3.63) is 42.2 Å². The van der Waals surface area contributed by atoms with Crippen molar-refractivity contribution >= 4 is 22.4 Å². The first-order chi connectivity index (χ1) is 6.33. The van der Waals surface area contributed by atoms with E-state index in [-0.39, 0.29) is 5.82 Å². The smallest absolute Gasteiger partial charge is 0.206 e. The van der Waals surface area contributed by atoms with Gasteiger partial charge in [0.25, 0.3) is 0 Å². The second kappa shape index (κ2) is 3.18. The van der Waals surface area contributed by atoms with Crippen LogP contribution < -0.4 is 0 Å². The van der Waals surface area contributed by atoms with Gasteiger partial charge in [-0.1, -0.05) is 18.2 Å². The van der Waals surface area contributed by atoms with E-state index in [1.807, 2.05) is 0 Å². The van der Waals surface area contributed by atoms with Gasteiger partial charge in [0.15, 0.2) is 0 Å². The summed E-state index contributed by atoms with van der Waals surface area (Å²) in [5.74, 6) is -0.339. The highest BCUT2D eigenvalue weighted by atomic mass is 32.1. The molecule has 0 saturated carbocycles. The Balaban J connectivity index is 2.92. The number of fused-ring (bicyclic) bond motifs is 1. The van der Waals surface area contributed by atoms with E-state index in [9.17, 15) is 8.60 Å². The molecule has 0 aliphatic carbocycles. The summed E-state index contributed by atoms with van der Waals surface area (Å²) in [5.41, 5.74) is 0. The topological polar surface area (TPSA) is 17.1 Å². The number of rotatable bonds is 1. The number of benzene rings is 2. The third-order valence-corrected chi connectivity index (χ3v) is 2.35. The fourth-order valence-electron chi connectivity index (χ4n) is 1.24. The molecule has 63 valence electrons. The largest absolute Gasteiger partial charge is 0.506 e. The minimum atomic E-state index is -0.339. The van der Waals surface area contributed by atoms with Crippen LogP contribution in [0.5, 0.6) is 0 Å². The maximum absolute atomic E-state index is 13.2. The van der Waals surface area contributed by atoms with Crippen molar-refractivity contribution in [2.45, 2.75) is 4.90 Å². The fourth-order valence-corrected chi connectivity index (χ4v) is 1.62. The number of hydrogen-bond donors (Lipinski definition) is 0. The lowest BCUT2D eigenvalue weighted by Gasteiger charge is -1.94. The van der Waals surface area contributed by atoms with Gasteiger partial charge in [-0.2, -0.15) is 0 Å². The second-order valence-corrected chi connectivity index (χ2v) is 3.17. The maximum atomic E-state index is 13.2. The van der Waals surface area contributed by atoms with E-state index in [4.69, 9.17) is 0 Å². The van der Waals surface area contributed by atoms with Gasteiger partial charge >= 0.3 is 16.6 Å². The zero-order chi connectivity index (χ0) is 9.26. The molecule has 2 aromatic rings. The average Bonchev–Trinajstić information content (AvgIpc) is 2.19. The van der Waals surface area contributed by atoms with Crippen molar-refractivity contribution in [2.24, 2.45) is 0 Å². The molecule has 0 fully saturated rings. The van der Waals surface area contributed by atoms with E-state index in [1.165, 1.54) is 6.07 Å². The van der Waals surface area contributed by atoms with E-state index < -0.39 is 0 Å². The lowest BCUT2D eigenvalue weighted by atomic mass is 10.1. The van der Waals surface area contributed by atoms with Crippen LogP contribution in [-0.2, 0) is 15.9 Å². The Hall–Kier alpha value is -1.35. The Bertz CT molecular complexity index is 467. The Morgan fingerprint density at radius 1 is 1.23 bits per heavy atom. The molecule has 1 radical (unpaired) electrons. The summed E-state index contributed by atoms with van der Waals surface area (Å²) in [5, 5.41) is 1.10. The molecular formula is C10H5FOS+. The van der Waals surface area contributed by atoms with Crippen LogP contribution in [0.2, 0.25) is 0 Å². The van der Waals surface area contributed by atoms with E-state index in [2.05, 4.69) is 6.07 Å². The standard InChI is InChI=1S/C10H5FOS/c11-9-5-6-10(13-12)8-4-2-1-3-7(8)9/h1-5H/q+1. The molecule has 13 heavy (non-hydrogen) atoms. The zero-order valence-electron chi connectivity index (χ0n) is 6.58. The normalized spacial score (nSPS) is 10.2. The summed E-state index contributed by atoms with van der Waals surface area (Å²) in [6.45, 7) is 0. The zero-order valence-corrected chi connectivity index (χ0v) is 7.40. The predicted molar refractivity (Wildman–Crippen MR) is 49.1 cm³/mol. The molecule has 0 aliphatic rings. The summed E-state index contributed by atoms with van der Waals surface area (Å²) >= 11 is 0.335. The minimum Gasteiger partial charge on any atom is -0.206 e. The van der Waals surface area contributed by atoms with Gasteiger partial charge in [0.2, 0.25) is 0 Å². The van der Waals surface area contributed by atoms with Crippen molar-refractivity contribution in [3.8, 4) is 0 Å². The third kappa shape index (κ3) is 1.31. The van der Waals surface area contributed by atoms with E-state index in [1.54, 1.807) is 24.3 Å². The molecule has 0 spiro atoms. The molecule has 0 bridgehead atoms. The average molecular weight is 192 g/mol. The molecule has 0 heterocycles. The van der Waals surface area contributed by atoms with Crippen LogP contribution in [0.3, 0.4) is 0 Å². The third-order valence-electron chi connectivity index (χ3n) is 1.84. The summed E-state index contributed by atoms with van der Waals surface area (Å²) in [6, 6.07) is 10.7. The lowest BCUT2D eigenvalue weighted by molar-refractivity contribution is 0.605. The van der Waals surface area contributed by atoms with Gasteiger partial charge in [-0.15, -0.1) is 0 Å². The summed E-state index contributed by atoms with van der Waals surface area (Å²) in [6.07, 6.45) is 0. The van der Waals surface area contributed by atoms with Crippen molar-refractivity contribution in [1.29, 1.82) is 0 Å². The molecule has 3 heteroatoms. The SMILES string of the molecule is O=[S+]c1[c]cc(F)c2ccccc12. The summed E-state index contributed by atoms with van der Waals surface area (Å²) < 4.78 is 23.8. The highest BCUT2D eigenvalue weighted by Crippen LogP contribution is 2.21. The number of halogens is 1. The van der Waals surface area contributed by atoms with Crippen molar-refractivity contribution in [2.75, 3.05) is 0 Å². The quantitative estimate of drug-likeness (QED) is 0.634. The molecule has 0 atom stereocenters. The monoisotopic (exact) mass is 192 g/mol. The van der Waals surface area contributed by atoms with Crippen LogP contribution in [0.15, 0.2) is 35.2 Å². The van der Waals surface area contributed by atoms with E-state index in [0.29, 0.717) is 27.3 Å². The van der Waals surface area contributed by atoms with Crippen LogP contribution >= 0.6 is 0 Å². The van der Waals surface area contributed by atoms with Crippen LogP contribution in [0.1, 0.15) is 0 Å². The first-order valence-electron chi connectivity index (χ1n) is 3.71. The molecule has 0 aliphatic heterocycles. The first kappa shape index (κ1) is 8.26. The van der Waals surface area contributed by atoms with E-state index in [0.717, 1.165) is 0 Å². The van der Waals surface area contributed by atoms with Gasteiger partial charge in [0.05, 0.1) is 11.5 Å². The molecule has 2 aromatic carbocycles. The molecule has 0 unspecified atom stereocenters. The fraction of sp³-hybridized carbons (Fsp3) is 0. The molecule has 0 amide bonds. The lowest BCUT2D eigenvalue weighted by Crippen LogP contribution is -1.83. The van der Waals surface area contributed by atoms with Crippen LogP contribution in [0.4, 0.5) is 4.39 Å². The number of hydrogen-bond acceptors (Lipinski definition) is 1. The molecule has 0 N–H and O–H groups in total. The second-order valence-electron chi connectivity index (χ2n) is 2.59. The Morgan fingerprint density at radius 2 is 1.92 bits per heavy atom. The van der Waals surface area contributed by atoms with Gasteiger partial charge < -0.3 is 0 Å². The summed E-state index contributed by atoms with van der Waals surface area (Å²) in [7, 11) is 0. The molecule has 1 nitrogen and oxygen atoms in total.